The highest BCUT2D eigenvalue weighted by molar-refractivity contribution is 7.91. The van der Waals surface area contributed by atoms with Gasteiger partial charge in [-0.25, -0.2) is 8.42 Å². The van der Waals surface area contributed by atoms with E-state index < -0.39 is 15.9 Å². The molecule has 2 aromatic carbocycles. The molecule has 3 aromatic rings. The normalized spacial score (nSPS) is 19.2. The summed E-state index contributed by atoms with van der Waals surface area (Å²) in [7, 11) is -3.03. The van der Waals surface area contributed by atoms with Gasteiger partial charge in [-0.3, -0.25) is 4.79 Å². The topological polar surface area (TPSA) is 71.4 Å². The zero-order chi connectivity index (χ0) is 21.5. The number of nitrogens with zero attached hydrogens (tertiary/aromatic N) is 2. The van der Waals surface area contributed by atoms with E-state index in [9.17, 15) is 13.2 Å². The van der Waals surface area contributed by atoms with Crippen LogP contribution in [0.15, 0.2) is 42.5 Å². The first-order valence-electron chi connectivity index (χ1n) is 10.6. The van der Waals surface area contributed by atoms with Crippen molar-refractivity contribution in [3.05, 3.63) is 42.5 Å². The molecule has 1 amide bonds. The van der Waals surface area contributed by atoms with E-state index in [1.807, 2.05) is 26.0 Å². The van der Waals surface area contributed by atoms with Crippen LogP contribution in [0.3, 0.4) is 0 Å². The summed E-state index contributed by atoms with van der Waals surface area (Å²) in [5.74, 6) is 0.180. The average molecular weight is 428 g/mol. The van der Waals surface area contributed by atoms with E-state index in [0.717, 1.165) is 17.6 Å². The molecule has 0 saturated carbocycles. The zero-order valence-electron chi connectivity index (χ0n) is 17.8. The largest absolute Gasteiger partial charge is 0.374 e. The molecule has 0 aliphatic carbocycles. The zero-order valence-corrected chi connectivity index (χ0v) is 18.6. The molecule has 30 heavy (non-hydrogen) atoms. The molecule has 0 bridgehead atoms. The second-order valence-corrected chi connectivity index (χ2v) is 10.3. The highest BCUT2D eigenvalue weighted by atomic mass is 32.2. The quantitative estimate of drug-likeness (QED) is 0.652. The van der Waals surface area contributed by atoms with E-state index in [2.05, 4.69) is 47.1 Å². The smallest absolute Gasteiger partial charge is 0.245 e. The van der Waals surface area contributed by atoms with Crippen molar-refractivity contribution >= 4 is 43.2 Å². The number of benzene rings is 2. The molecule has 1 fully saturated rings. The summed E-state index contributed by atoms with van der Waals surface area (Å²) >= 11 is 0. The van der Waals surface area contributed by atoms with Crippen LogP contribution < -0.4 is 5.32 Å². The maximum atomic E-state index is 13.1. The second kappa shape index (κ2) is 7.95. The predicted molar refractivity (Wildman–Crippen MR) is 123 cm³/mol. The van der Waals surface area contributed by atoms with Gasteiger partial charge in [0.2, 0.25) is 5.91 Å². The summed E-state index contributed by atoms with van der Waals surface area (Å²) in [6.45, 7) is 7.28. The fraction of sp³-hybridized carbons (Fsp3) is 0.435. The third-order valence-corrected chi connectivity index (χ3v) is 7.87. The van der Waals surface area contributed by atoms with Gasteiger partial charge in [-0.05, 0) is 51.5 Å². The van der Waals surface area contributed by atoms with Gasteiger partial charge in [0.1, 0.15) is 6.04 Å². The van der Waals surface area contributed by atoms with Crippen LogP contribution >= 0.6 is 0 Å². The van der Waals surface area contributed by atoms with Gasteiger partial charge in [0.05, 0.1) is 11.5 Å². The molecule has 1 aromatic heterocycles. The van der Waals surface area contributed by atoms with Crippen LogP contribution in [0, 0.1) is 0 Å². The maximum Gasteiger partial charge on any atom is 0.245 e. The van der Waals surface area contributed by atoms with E-state index in [0.29, 0.717) is 13.0 Å². The van der Waals surface area contributed by atoms with E-state index in [4.69, 9.17) is 0 Å². The minimum absolute atomic E-state index is 0.0596. The van der Waals surface area contributed by atoms with E-state index >= 15 is 0 Å². The van der Waals surface area contributed by atoms with Crippen LogP contribution in [0.5, 0.6) is 0 Å². The molecular formula is C23H29N3O3S. The number of sulfone groups is 1. The number of anilines is 1. The third-order valence-electron chi connectivity index (χ3n) is 6.12. The molecule has 1 N–H and O–H groups in total. The Labute approximate surface area is 177 Å². The molecule has 1 saturated heterocycles. The summed E-state index contributed by atoms with van der Waals surface area (Å²) in [6, 6.07) is 13.9. The number of nitrogens with one attached hydrogen (secondary N) is 1. The maximum absolute atomic E-state index is 13.1. The molecule has 1 aliphatic heterocycles. The highest BCUT2D eigenvalue weighted by Crippen LogP contribution is 2.31. The Morgan fingerprint density at radius 2 is 1.90 bits per heavy atom. The first-order valence-corrected chi connectivity index (χ1v) is 12.4. The number of fused-ring (bicyclic) bond motifs is 3. The molecule has 7 heteroatoms. The molecule has 0 spiro atoms. The van der Waals surface area contributed by atoms with Crippen molar-refractivity contribution < 1.29 is 13.2 Å². The summed E-state index contributed by atoms with van der Waals surface area (Å²) < 4.78 is 26.0. The minimum Gasteiger partial charge on any atom is -0.374 e. The SMILES string of the molecule is CCN(C(=O)C(C)Nc1ccc2c(c1)c1ccccc1n2CC)C1CCS(=O)(=O)C1. The molecule has 2 unspecified atom stereocenters. The van der Waals surface area contributed by atoms with Gasteiger partial charge >= 0.3 is 0 Å². The second-order valence-electron chi connectivity index (χ2n) is 8.04. The Morgan fingerprint density at radius 3 is 2.57 bits per heavy atom. The lowest BCUT2D eigenvalue weighted by atomic mass is 10.1. The summed E-state index contributed by atoms with van der Waals surface area (Å²) in [4.78, 5) is 14.8. The minimum atomic E-state index is -3.03. The van der Waals surface area contributed by atoms with Crippen LogP contribution in [0.25, 0.3) is 21.8 Å². The predicted octanol–water partition coefficient (Wildman–Crippen LogP) is 3.65. The number of hydrogen-bond acceptors (Lipinski definition) is 4. The molecule has 2 atom stereocenters. The average Bonchev–Trinajstić information content (AvgIpc) is 3.25. The first-order chi connectivity index (χ1) is 14.3. The van der Waals surface area contributed by atoms with E-state index in [1.54, 1.807) is 4.90 Å². The summed E-state index contributed by atoms with van der Waals surface area (Å²) in [5.41, 5.74) is 3.27. The fourth-order valence-corrected chi connectivity index (χ4v) is 6.39. The molecule has 160 valence electrons. The fourth-order valence-electron chi connectivity index (χ4n) is 4.66. The van der Waals surface area contributed by atoms with Crippen LogP contribution in [0.4, 0.5) is 5.69 Å². The molecule has 2 heterocycles. The Morgan fingerprint density at radius 1 is 1.17 bits per heavy atom. The number of likely N-dealkylation sites (N-methyl/N-ethyl adjacent to an activating group) is 1. The van der Waals surface area contributed by atoms with E-state index in [1.165, 1.54) is 16.4 Å². The molecule has 6 nitrogen and oxygen atoms in total. The van der Waals surface area contributed by atoms with Gasteiger partial charge in [0, 0.05) is 46.6 Å². The van der Waals surface area contributed by atoms with Gasteiger partial charge in [-0.1, -0.05) is 18.2 Å². The van der Waals surface area contributed by atoms with Crippen LogP contribution in [-0.4, -0.2) is 53.9 Å². The Kier molecular flexibility index (Phi) is 5.49. The van der Waals surface area contributed by atoms with Crippen molar-refractivity contribution in [2.24, 2.45) is 0 Å². The van der Waals surface area contributed by atoms with Crippen molar-refractivity contribution in [3.8, 4) is 0 Å². The van der Waals surface area contributed by atoms with E-state index in [-0.39, 0.29) is 23.5 Å². The van der Waals surface area contributed by atoms with Gasteiger partial charge in [0.25, 0.3) is 0 Å². The van der Waals surface area contributed by atoms with Crippen LogP contribution in [-0.2, 0) is 21.2 Å². The number of carbonyl (C=O) groups is 1. The standard InChI is InChI=1S/C23H29N3O3S/c1-4-25(18-12-13-30(28,29)15-18)23(27)16(3)24-17-10-11-22-20(14-17)19-8-6-7-9-21(19)26(22)5-2/h6-11,14,16,18,24H,4-5,12-13,15H2,1-3H3. The van der Waals surface area contributed by atoms with Crippen LogP contribution in [0.2, 0.25) is 0 Å². The van der Waals surface area contributed by atoms with Gasteiger partial charge < -0.3 is 14.8 Å². The van der Waals surface area contributed by atoms with Crippen LogP contribution in [0.1, 0.15) is 27.2 Å². The third kappa shape index (κ3) is 3.67. The van der Waals surface area contributed by atoms with Gasteiger partial charge in [-0.2, -0.15) is 0 Å². The lowest BCUT2D eigenvalue weighted by Crippen LogP contribution is -2.47. The highest BCUT2D eigenvalue weighted by Gasteiger charge is 2.35. The van der Waals surface area contributed by atoms with Gasteiger partial charge in [0.15, 0.2) is 9.84 Å². The Balaban J connectivity index is 1.59. The number of rotatable bonds is 6. The first kappa shape index (κ1) is 20.7. The van der Waals surface area contributed by atoms with Crippen molar-refractivity contribution in [1.82, 2.24) is 9.47 Å². The van der Waals surface area contributed by atoms with Crippen molar-refractivity contribution in [2.75, 3.05) is 23.4 Å². The number of aryl methyl sites for hydroxylation is 1. The Bertz CT molecular complexity index is 1200. The molecule has 1 aliphatic rings. The molecule has 4 rings (SSSR count). The number of carbonyl (C=O) groups excluding carboxylic acids is 1. The number of amides is 1. The van der Waals surface area contributed by atoms with Crippen molar-refractivity contribution in [2.45, 2.75) is 45.8 Å². The number of hydrogen-bond donors (Lipinski definition) is 1. The number of para-hydroxylation sites is 1. The molecule has 0 radical (unpaired) electrons. The molecular weight excluding hydrogens is 398 g/mol. The Hall–Kier alpha value is -2.54. The van der Waals surface area contributed by atoms with Gasteiger partial charge in [-0.15, -0.1) is 0 Å². The van der Waals surface area contributed by atoms with Crippen molar-refractivity contribution in [3.63, 3.8) is 0 Å². The number of aromatic nitrogens is 1. The monoisotopic (exact) mass is 427 g/mol. The summed E-state index contributed by atoms with van der Waals surface area (Å²) in [6.07, 6.45) is 0.525. The lowest BCUT2D eigenvalue weighted by Gasteiger charge is -2.30. The van der Waals surface area contributed by atoms with Crippen molar-refractivity contribution in [1.29, 1.82) is 0 Å². The summed E-state index contributed by atoms with van der Waals surface area (Å²) in [5, 5.41) is 5.69. The lowest BCUT2D eigenvalue weighted by molar-refractivity contribution is -0.133.